The number of nitrogens with zero attached hydrogens (tertiary/aromatic N) is 2. The van der Waals surface area contributed by atoms with Gasteiger partial charge in [-0.15, -0.1) is 0 Å². The minimum absolute atomic E-state index is 0.428. The highest BCUT2D eigenvalue weighted by molar-refractivity contribution is 5.61. The molecule has 3 heteroatoms. The molecule has 0 saturated carbocycles. The van der Waals surface area contributed by atoms with Crippen molar-refractivity contribution in [1.29, 1.82) is 0 Å². The molecule has 0 bridgehead atoms. The van der Waals surface area contributed by atoms with E-state index in [1.54, 1.807) is 6.20 Å². The molecule has 1 aromatic carbocycles. The van der Waals surface area contributed by atoms with Crippen LogP contribution in [0.5, 0.6) is 0 Å². The van der Waals surface area contributed by atoms with Crippen LogP contribution in [0.15, 0.2) is 42.6 Å². The van der Waals surface area contributed by atoms with E-state index in [0.717, 1.165) is 22.6 Å². The number of aliphatic hydroxyl groups is 1. The molecule has 0 fully saturated rings. The van der Waals surface area contributed by atoms with Gasteiger partial charge in [-0.2, -0.15) is 0 Å². The number of para-hydroxylation sites is 1. The minimum Gasteiger partial charge on any atom is -0.388 e. The number of benzene rings is 1. The number of hydrogen-bond acceptors (Lipinski definition) is 3. The summed E-state index contributed by atoms with van der Waals surface area (Å²) in [5, 5.41) is 9.85. The molecule has 0 amide bonds. The molecule has 1 heterocycles. The highest BCUT2D eigenvalue weighted by atomic mass is 16.3. The van der Waals surface area contributed by atoms with E-state index < -0.39 is 6.10 Å². The summed E-state index contributed by atoms with van der Waals surface area (Å²) in [6, 6.07) is 12.1. The van der Waals surface area contributed by atoms with Crippen molar-refractivity contribution in [2.24, 2.45) is 0 Å². The summed E-state index contributed by atoms with van der Waals surface area (Å²) in [5.74, 6) is 0.915. The molecule has 1 N–H and O–H groups in total. The molecule has 0 unspecified atom stereocenters. The number of pyridine rings is 1. The minimum atomic E-state index is -0.428. The van der Waals surface area contributed by atoms with Gasteiger partial charge in [0, 0.05) is 18.9 Å². The third-order valence-electron chi connectivity index (χ3n) is 3.30. The normalized spacial score (nSPS) is 12.2. The molecule has 0 radical (unpaired) electrons. The topological polar surface area (TPSA) is 36.4 Å². The molecular weight excluding hydrogens is 236 g/mol. The van der Waals surface area contributed by atoms with E-state index in [9.17, 15) is 5.11 Å². The van der Waals surface area contributed by atoms with Crippen molar-refractivity contribution in [1.82, 2.24) is 4.98 Å². The molecule has 0 aliphatic heterocycles. The molecule has 100 valence electrons. The third-order valence-corrected chi connectivity index (χ3v) is 3.30. The van der Waals surface area contributed by atoms with Crippen molar-refractivity contribution >= 4 is 11.5 Å². The van der Waals surface area contributed by atoms with E-state index in [2.05, 4.69) is 22.0 Å². The molecule has 1 atom stereocenters. The number of aryl methyl sites for hydroxylation is 1. The highest BCUT2D eigenvalue weighted by Gasteiger charge is 2.11. The fraction of sp³-hybridized carbons (Fsp3) is 0.312. The standard InChI is InChI=1S/C16H20N2O/c1-4-15(19)13-10-12(2)16(17-11-13)18(3)14-8-6-5-7-9-14/h5-11,15,19H,4H2,1-3H3/t15-/m1/s1. The Morgan fingerprint density at radius 2 is 1.95 bits per heavy atom. The largest absolute Gasteiger partial charge is 0.388 e. The maximum absolute atomic E-state index is 9.85. The van der Waals surface area contributed by atoms with Crippen molar-refractivity contribution in [3.63, 3.8) is 0 Å². The zero-order chi connectivity index (χ0) is 13.8. The van der Waals surface area contributed by atoms with E-state index in [1.165, 1.54) is 0 Å². The molecule has 19 heavy (non-hydrogen) atoms. The van der Waals surface area contributed by atoms with Gasteiger partial charge >= 0.3 is 0 Å². The number of anilines is 2. The highest BCUT2D eigenvalue weighted by Crippen LogP contribution is 2.26. The van der Waals surface area contributed by atoms with Gasteiger partial charge in [0.05, 0.1) is 6.10 Å². The van der Waals surface area contributed by atoms with Crippen LogP contribution in [-0.4, -0.2) is 17.1 Å². The van der Waals surface area contributed by atoms with Crippen LogP contribution < -0.4 is 4.90 Å². The number of aliphatic hydroxyl groups excluding tert-OH is 1. The van der Waals surface area contributed by atoms with Crippen LogP contribution in [0.4, 0.5) is 11.5 Å². The van der Waals surface area contributed by atoms with E-state index >= 15 is 0 Å². The van der Waals surface area contributed by atoms with E-state index in [4.69, 9.17) is 0 Å². The second-order valence-electron chi connectivity index (χ2n) is 4.73. The third kappa shape index (κ3) is 2.93. The lowest BCUT2D eigenvalue weighted by atomic mass is 10.1. The van der Waals surface area contributed by atoms with Crippen molar-refractivity contribution < 1.29 is 5.11 Å². The summed E-state index contributed by atoms with van der Waals surface area (Å²) in [6.07, 6.45) is 2.03. The molecule has 1 aromatic heterocycles. The Kier molecular flexibility index (Phi) is 4.17. The van der Waals surface area contributed by atoms with Gasteiger partial charge in [-0.05, 0) is 42.7 Å². The Morgan fingerprint density at radius 1 is 1.26 bits per heavy atom. The summed E-state index contributed by atoms with van der Waals surface area (Å²) in [7, 11) is 2.00. The van der Waals surface area contributed by atoms with Crippen LogP contribution in [0.2, 0.25) is 0 Å². The fourth-order valence-corrected chi connectivity index (χ4v) is 2.13. The van der Waals surface area contributed by atoms with Gasteiger partial charge in [-0.25, -0.2) is 4.98 Å². The summed E-state index contributed by atoms with van der Waals surface area (Å²) in [6.45, 7) is 3.98. The summed E-state index contributed by atoms with van der Waals surface area (Å²) in [5.41, 5.74) is 3.04. The van der Waals surface area contributed by atoms with Crippen LogP contribution in [-0.2, 0) is 0 Å². The van der Waals surface area contributed by atoms with Crippen LogP contribution in [0.25, 0.3) is 0 Å². The van der Waals surface area contributed by atoms with Crippen LogP contribution in [0.3, 0.4) is 0 Å². The average Bonchev–Trinajstić information content (AvgIpc) is 2.46. The van der Waals surface area contributed by atoms with Crippen molar-refractivity contribution in [3.8, 4) is 0 Å². The zero-order valence-corrected chi connectivity index (χ0v) is 11.7. The summed E-state index contributed by atoms with van der Waals surface area (Å²) >= 11 is 0. The predicted octanol–water partition coefficient (Wildman–Crippen LogP) is 3.60. The fourth-order valence-electron chi connectivity index (χ4n) is 2.13. The first-order chi connectivity index (χ1) is 9.13. The second kappa shape index (κ2) is 5.85. The van der Waals surface area contributed by atoms with Crippen molar-refractivity contribution in [3.05, 3.63) is 53.7 Å². The Morgan fingerprint density at radius 3 is 2.53 bits per heavy atom. The lowest BCUT2D eigenvalue weighted by Crippen LogP contribution is -2.13. The molecule has 0 aliphatic carbocycles. The molecule has 0 spiro atoms. The monoisotopic (exact) mass is 256 g/mol. The van der Waals surface area contributed by atoms with Gasteiger partial charge in [0.25, 0.3) is 0 Å². The zero-order valence-electron chi connectivity index (χ0n) is 11.7. The van der Waals surface area contributed by atoms with Gasteiger partial charge in [0.1, 0.15) is 5.82 Å². The SMILES string of the molecule is CC[C@@H](O)c1cnc(N(C)c2ccccc2)c(C)c1. The second-order valence-corrected chi connectivity index (χ2v) is 4.73. The smallest absolute Gasteiger partial charge is 0.135 e. The van der Waals surface area contributed by atoms with E-state index in [0.29, 0.717) is 6.42 Å². The number of aromatic nitrogens is 1. The Labute approximate surface area is 114 Å². The van der Waals surface area contributed by atoms with Gasteiger partial charge in [-0.1, -0.05) is 25.1 Å². The molecule has 2 rings (SSSR count). The summed E-state index contributed by atoms with van der Waals surface area (Å²) < 4.78 is 0. The molecule has 0 saturated heterocycles. The van der Waals surface area contributed by atoms with Gasteiger partial charge in [-0.3, -0.25) is 0 Å². The van der Waals surface area contributed by atoms with Gasteiger partial charge in [0.2, 0.25) is 0 Å². The first-order valence-electron chi connectivity index (χ1n) is 6.57. The first-order valence-corrected chi connectivity index (χ1v) is 6.57. The van der Waals surface area contributed by atoms with E-state index in [1.807, 2.05) is 45.2 Å². The van der Waals surface area contributed by atoms with Crippen LogP contribution in [0, 0.1) is 6.92 Å². The molecular formula is C16H20N2O. The lowest BCUT2D eigenvalue weighted by molar-refractivity contribution is 0.173. The average molecular weight is 256 g/mol. The van der Waals surface area contributed by atoms with Gasteiger partial charge in [0.15, 0.2) is 0 Å². The Hall–Kier alpha value is -1.87. The Balaban J connectivity index is 2.31. The van der Waals surface area contributed by atoms with Crippen LogP contribution >= 0.6 is 0 Å². The molecule has 0 aliphatic rings. The maximum Gasteiger partial charge on any atom is 0.135 e. The molecule has 2 aromatic rings. The number of rotatable bonds is 4. The lowest BCUT2D eigenvalue weighted by Gasteiger charge is -2.21. The molecule has 3 nitrogen and oxygen atoms in total. The van der Waals surface area contributed by atoms with Crippen molar-refractivity contribution in [2.45, 2.75) is 26.4 Å². The Bertz CT molecular complexity index is 540. The first kappa shape index (κ1) is 13.6. The van der Waals surface area contributed by atoms with Crippen molar-refractivity contribution in [2.75, 3.05) is 11.9 Å². The predicted molar refractivity (Wildman–Crippen MR) is 78.7 cm³/mol. The van der Waals surface area contributed by atoms with E-state index in [-0.39, 0.29) is 0 Å². The van der Waals surface area contributed by atoms with Crippen LogP contribution in [0.1, 0.15) is 30.6 Å². The quantitative estimate of drug-likeness (QED) is 0.908. The summed E-state index contributed by atoms with van der Waals surface area (Å²) in [4.78, 5) is 6.54. The van der Waals surface area contributed by atoms with Gasteiger partial charge < -0.3 is 10.0 Å². The number of hydrogen-bond donors (Lipinski definition) is 1. The maximum atomic E-state index is 9.85.